The van der Waals surface area contributed by atoms with Gasteiger partial charge in [-0.05, 0) is 51.8 Å². The summed E-state index contributed by atoms with van der Waals surface area (Å²) in [6.45, 7) is 8.22. The average Bonchev–Trinajstić information content (AvgIpc) is 3.27. The van der Waals surface area contributed by atoms with Gasteiger partial charge in [-0.25, -0.2) is 8.78 Å². The summed E-state index contributed by atoms with van der Waals surface area (Å²) < 4.78 is 29.8. The van der Waals surface area contributed by atoms with Gasteiger partial charge >= 0.3 is 0 Å². The third-order valence-electron chi connectivity index (χ3n) is 4.73. The molecule has 1 heterocycles. The van der Waals surface area contributed by atoms with Crippen LogP contribution in [0.5, 0.6) is 0 Å². The van der Waals surface area contributed by atoms with Crippen molar-refractivity contribution in [1.29, 1.82) is 0 Å². The Bertz CT molecular complexity index is 794. The van der Waals surface area contributed by atoms with Gasteiger partial charge in [-0.15, -0.1) is 0 Å². The van der Waals surface area contributed by atoms with E-state index in [1.165, 1.54) is 18.2 Å². The summed E-state index contributed by atoms with van der Waals surface area (Å²) in [6.07, 6.45) is 1.57. The number of halogens is 2. The lowest BCUT2D eigenvalue weighted by molar-refractivity contribution is 0.553. The molecule has 1 fully saturated rings. The molecular weight excluding hydrogens is 348 g/mol. The van der Waals surface area contributed by atoms with Gasteiger partial charge in [0.05, 0.1) is 5.69 Å². The highest BCUT2D eigenvalue weighted by Gasteiger charge is 2.42. The number of aromatic nitrogens is 2. The maximum Gasteiger partial charge on any atom is 0.191 e. The van der Waals surface area contributed by atoms with Crippen LogP contribution in [-0.4, -0.2) is 34.9 Å². The molecule has 1 aliphatic carbocycles. The fourth-order valence-electron chi connectivity index (χ4n) is 3.35. The summed E-state index contributed by atoms with van der Waals surface area (Å²) in [6, 6.07) is 6.08. The molecule has 1 aromatic heterocycles. The molecule has 0 spiro atoms. The van der Waals surface area contributed by atoms with Crippen LogP contribution >= 0.6 is 0 Å². The zero-order valence-electron chi connectivity index (χ0n) is 16.1. The first-order valence-corrected chi connectivity index (χ1v) is 9.49. The van der Waals surface area contributed by atoms with Gasteiger partial charge in [0.2, 0.25) is 0 Å². The maximum atomic E-state index is 13.9. The Labute approximate surface area is 158 Å². The zero-order chi connectivity index (χ0) is 19.4. The van der Waals surface area contributed by atoms with E-state index in [0.29, 0.717) is 18.9 Å². The Kier molecular flexibility index (Phi) is 6.08. The largest absolute Gasteiger partial charge is 0.357 e. The Balaban J connectivity index is 1.53. The molecule has 3 rings (SSSR count). The number of hydrogen-bond donors (Lipinski definition) is 2. The zero-order valence-corrected chi connectivity index (χ0v) is 16.1. The third kappa shape index (κ3) is 4.84. The number of rotatable bonds is 7. The Morgan fingerprint density at radius 2 is 2.04 bits per heavy atom. The normalized spacial score (nSPS) is 19.2. The van der Waals surface area contributed by atoms with Crippen molar-refractivity contribution in [3.63, 3.8) is 0 Å². The van der Waals surface area contributed by atoms with Crippen molar-refractivity contribution in [2.24, 2.45) is 4.99 Å². The second kappa shape index (κ2) is 8.50. The van der Waals surface area contributed by atoms with Gasteiger partial charge in [-0.1, -0.05) is 6.07 Å². The van der Waals surface area contributed by atoms with Crippen LogP contribution in [0.3, 0.4) is 0 Å². The highest BCUT2D eigenvalue weighted by molar-refractivity contribution is 5.80. The van der Waals surface area contributed by atoms with Crippen LogP contribution in [0.15, 0.2) is 29.3 Å². The van der Waals surface area contributed by atoms with Gasteiger partial charge in [0, 0.05) is 42.9 Å². The summed E-state index contributed by atoms with van der Waals surface area (Å²) in [5, 5.41) is 10.9. The smallest absolute Gasteiger partial charge is 0.191 e. The number of hydrogen-bond acceptors (Lipinski definition) is 2. The van der Waals surface area contributed by atoms with E-state index in [9.17, 15) is 8.78 Å². The van der Waals surface area contributed by atoms with E-state index in [-0.39, 0.29) is 17.5 Å². The average molecular weight is 375 g/mol. The molecule has 0 amide bonds. The van der Waals surface area contributed by atoms with Gasteiger partial charge in [-0.2, -0.15) is 5.10 Å². The molecule has 0 aliphatic heterocycles. The fraction of sp³-hybridized carbons (Fsp3) is 0.500. The molecule has 1 aliphatic rings. The second-order valence-corrected chi connectivity index (χ2v) is 6.99. The Morgan fingerprint density at radius 1 is 1.30 bits per heavy atom. The standard InChI is InChI=1S/C20H27F2N5/c1-4-23-20(24-9-6-10-27-14(3)11-13(2)26-27)25-18-12-15(18)19-16(21)7-5-8-17(19)22/h5,7-8,11,15,18H,4,6,9-10,12H2,1-3H3,(H2,23,24,25). The molecule has 2 atom stereocenters. The first kappa shape index (κ1) is 19.3. The number of aliphatic imine (C=N–C) groups is 1. The molecule has 1 saturated carbocycles. The van der Waals surface area contributed by atoms with Crippen LogP contribution in [0.1, 0.15) is 42.6 Å². The minimum absolute atomic E-state index is 0.00482. The second-order valence-electron chi connectivity index (χ2n) is 6.99. The predicted molar refractivity (Wildman–Crippen MR) is 103 cm³/mol. The lowest BCUT2D eigenvalue weighted by Gasteiger charge is -2.12. The SMILES string of the molecule is CCNC(=NCCCn1nc(C)cc1C)NC1CC1c1c(F)cccc1F. The molecule has 0 radical (unpaired) electrons. The monoisotopic (exact) mass is 375 g/mol. The predicted octanol–water partition coefficient (Wildman–Crippen LogP) is 3.28. The summed E-state index contributed by atoms with van der Waals surface area (Å²) >= 11 is 0. The van der Waals surface area contributed by atoms with E-state index >= 15 is 0 Å². The van der Waals surface area contributed by atoms with Gasteiger partial charge in [-0.3, -0.25) is 9.67 Å². The Morgan fingerprint density at radius 3 is 2.67 bits per heavy atom. The van der Waals surface area contributed by atoms with Crippen molar-refractivity contribution in [2.45, 2.75) is 52.1 Å². The number of nitrogens with one attached hydrogen (secondary N) is 2. The Hall–Kier alpha value is -2.44. The third-order valence-corrected chi connectivity index (χ3v) is 4.73. The highest BCUT2D eigenvalue weighted by atomic mass is 19.1. The van der Waals surface area contributed by atoms with Crippen molar-refractivity contribution in [3.05, 3.63) is 52.9 Å². The number of guanidine groups is 1. The lowest BCUT2D eigenvalue weighted by Crippen LogP contribution is -2.39. The van der Waals surface area contributed by atoms with Gasteiger partial charge < -0.3 is 10.6 Å². The van der Waals surface area contributed by atoms with E-state index in [0.717, 1.165) is 30.9 Å². The van der Waals surface area contributed by atoms with Gasteiger partial charge in [0.1, 0.15) is 11.6 Å². The summed E-state index contributed by atoms with van der Waals surface area (Å²) in [4.78, 5) is 4.58. The van der Waals surface area contributed by atoms with Gasteiger partial charge in [0.25, 0.3) is 0 Å². The van der Waals surface area contributed by atoms with E-state index in [4.69, 9.17) is 0 Å². The molecule has 146 valence electrons. The summed E-state index contributed by atoms with van der Waals surface area (Å²) in [5.41, 5.74) is 2.34. The van der Waals surface area contributed by atoms with E-state index in [2.05, 4.69) is 26.8 Å². The van der Waals surface area contributed by atoms with Crippen molar-refractivity contribution < 1.29 is 8.78 Å². The summed E-state index contributed by atoms with van der Waals surface area (Å²) in [7, 11) is 0. The van der Waals surface area contributed by atoms with Crippen LogP contribution in [0.4, 0.5) is 8.78 Å². The van der Waals surface area contributed by atoms with Crippen LogP contribution < -0.4 is 10.6 Å². The molecule has 2 aromatic rings. The van der Waals surface area contributed by atoms with Crippen molar-refractivity contribution in [1.82, 2.24) is 20.4 Å². The molecule has 2 unspecified atom stereocenters. The lowest BCUT2D eigenvalue weighted by atomic mass is 10.1. The first-order chi connectivity index (χ1) is 13.0. The number of aryl methyl sites for hydroxylation is 3. The van der Waals surface area contributed by atoms with E-state index in [1.54, 1.807) is 0 Å². The van der Waals surface area contributed by atoms with Crippen LogP contribution in [0, 0.1) is 25.5 Å². The van der Waals surface area contributed by atoms with Crippen LogP contribution in [0.25, 0.3) is 0 Å². The minimum atomic E-state index is -0.476. The first-order valence-electron chi connectivity index (χ1n) is 9.49. The topological polar surface area (TPSA) is 54.2 Å². The van der Waals surface area contributed by atoms with Crippen LogP contribution in [-0.2, 0) is 6.54 Å². The highest BCUT2D eigenvalue weighted by Crippen LogP contribution is 2.43. The van der Waals surface area contributed by atoms with Crippen molar-refractivity contribution >= 4 is 5.96 Å². The number of benzene rings is 1. The molecule has 27 heavy (non-hydrogen) atoms. The molecule has 1 aromatic carbocycles. The van der Waals surface area contributed by atoms with Gasteiger partial charge in [0.15, 0.2) is 5.96 Å². The minimum Gasteiger partial charge on any atom is -0.357 e. The van der Waals surface area contributed by atoms with E-state index < -0.39 is 11.6 Å². The quantitative estimate of drug-likeness (QED) is 0.444. The molecule has 7 heteroatoms. The summed E-state index contributed by atoms with van der Waals surface area (Å²) in [5.74, 6) is -0.410. The van der Waals surface area contributed by atoms with E-state index in [1.807, 2.05) is 25.5 Å². The maximum absolute atomic E-state index is 13.9. The number of nitrogens with zero attached hydrogens (tertiary/aromatic N) is 3. The molecule has 0 saturated heterocycles. The molecule has 5 nitrogen and oxygen atoms in total. The fourth-order valence-corrected chi connectivity index (χ4v) is 3.35. The molecule has 0 bridgehead atoms. The van der Waals surface area contributed by atoms with Crippen molar-refractivity contribution in [2.75, 3.05) is 13.1 Å². The molecule has 2 N–H and O–H groups in total. The molecular formula is C20H27F2N5. The van der Waals surface area contributed by atoms with Crippen LogP contribution in [0.2, 0.25) is 0 Å². The van der Waals surface area contributed by atoms with Crippen molar-refractivity contribution in [3.8, 4) is 0 Å².